The first kappa shape index (κ1) is 13.3. The first-order valence-electron chi connectivity index (χ1n) is 6.91. The molecular formula is C17H17ClN2. The Balaban J connectivity index is 2.21. The van der Waals surface area contributed by atoms with E-state index in [1.165, 1.54) is 16.7 Å². The smallest absolute Gasteiger partial charge is 0.0725 e. The summed E-state index contributed by atoms with van der Waals surface area (Å²) in [5.41, 5.74) is 11.7. The Labute approximate surface area is 124 Å². The van der Waals surface area contributed by atoms with Crippen LogP contribution in [-0.2, 0) is 12.8 Å². The zero-order valence-corrected chi connectivity index (χ0v) is 12.0. The summed E-state index contributed by atoms with van der Waals surface area (Å²) in [6, 6.07) is 14.6. The van der Waals surface area contributed by atoms with Crippen molar-refractivity contribution < 1.29 is 0 Å². The molecule has 0 heterocycles. The Morgan fingerprint density at radius 2 is 1.75 bits per heavy atom. The number of nitrogens with two attached hydrogens (primary N) is 1. The first-order chi connectivity index (χ1) is 9.79. The number of hydrogen-bond donors (Lipinski definition) is 1. The molecule has 2 aromatic carbocycles. The minimum Gasteiger partial charge on any atom is -0.329 e. The van der Waals surface area contributed by atoms with Crippen LogP contribution in [0.2, 0.25) is 5.02 Å². The van der Waals surface area contributed by atoms with E-state index in [0.29, 0.717) is 13.1 Å². The van der Waals surface area contributed by atoms with E-state index in [9.17, 15) is 0 Å². The van der Waals surface area contributed by atoms with Gasteiger partial charge in [-0.05, 0) is 36.1 Å². The van der Waals surface area contributed by atoms with Gasteiger partial charge in [0, 0.05) is 22.7 Å². The van der Waals surface area contributed by atoms with Crippen molar-refractivity contribution in [2.24, 2.45) is 10.7 Å². The van der Waals surface area contributed by atoms with Gasteiger partial charge >= 0.3 is 0 Å². The summed E-state index contributed by atoms with van der Waals surface area (Å²) in [7, 11) is 0. The lowest BCUT2D eigenvalue weighted by atomic mass is 9.98. The summed E-state index contributed by atoms with van der Waals surface area (Å²) < 4.78 is 0. The zero-order chi connectivity index (χ0) is 13.9. The average molecular weight is 285 g/mol. The molecule has 0 aliphatic heterocycles. The number of hydrogen-bond acceptors (Lipinski definition) is 2. The molecule has 0 atom stereocenters. The summed E-state index contributed by atoms with van der Waals surface area (Å²) >= 11 is 6.18. The predicted octanol–water partition coefficient (Wildman–Crippen LogP) is 3.23. The molecule has 1 aliphatic rings. The normalized spacial score (nSPS) is 15.6. The minimum absolute atomic E-state index is 0.557. The molecule has 102 valence electrons. The van der Waals surface area contributed by atoms with E-state index in [1.807, 2.05) is 12.1 Å². The first-order valence-corrected chi connectivity index (χ1v) is 7.29. The predicted molar refractivity (Wildman–Crippen MR) is 84.9 cm³/mol. The molecule has 0 unspecified atom stereocenters. The van der Waals surface area contributed by atoms with E-state index in [0.717, 1.165) is 29.1 Å². The molecule has 0 bridgehead atoms. The van der Waals surface area contributed by atoms with E-state index in [2.05, 4.69) is 30.3 Å². The number of nitrogens with zero attached hydrogens (tertiary/aromatic N) is 1. The van der Waals surface area contributed by atoms with Crippen molar-refractivity contribution in [1.29, 1.82) is 0 Å². The summed E-state index contributed by atoms with van der Waals surface area (Å²) in [6.07, 6.45) is 2.05. The second-order valence-electron chi connectivity index (χ2n) is 4.98. The number of fused-ring (bicyclic) bond motifs is 2. The van der Waals surface area contributed by atoms with Crippen molar-refractivity contribution in [3.8, 4) is 0 Å². The quantitative estimate of drug-likeness (QED) is 0.903. The Morgan fingerprint density at radius 1 is 1.00 bits per heavy atom. The lowest BCUT2D eigenvalue weighted by molar-refractivity contribution is 0.965. The highest BCUT2D eigenvalue weighted by Crippen LogP contribution is 2.27. The molecule has 3 heteroatoms. The number of benzene rings is 2. The molecular weight excluding hydrogens is 268 g/mol. The van der Waals surface area contributed by atoms with Gasteiger partial charge < -0.3 is 5.73 Å². The van der Waals surface area contributed by atoms with Crippen molar-refractivity contribution in [3.05, 3.63) is 69.7 Å². The molecule has 0 saturated heterocycles. The van der Waals surface area contributed by atoms with Crippen molar-refractivity contribution in [3.63, 3.8) is 0 Å². The lowest BCUT2D eigenvalue weighted by Crippen LogP contribution is -2.10. The Bertz CT molecular complexity index is 662. The summed E-state index contributed by atoms with van der Waals surface area (Å²) in [5.74, 6) is 0. The molecule has 20 heavy (non-hydrogen) atoms. The van der Waals surface area contributed by atoms with E-state index in [1.54, 1.807) is 0 Å². The third-order valence-electron chi connectivity index (χ3n) is 3.66. The van der Waals surface area contributed by atoms with Crippen LogP contribution in [0.25, 0.3) is 0 Å². The molecule has 0 amide bonds. The number of halogens is 1. The van der Waals surface area contributed by atoms with Crippen molar-refractivity contribution in [1.82, 2.24) is 0 Å². The van der Waals surface area contributed by atoms with E-state index in [-0.39, 0.29) is 0 Å². The maximum Gasteiger partial charge on any atom is 0.0725 e. The highest BCUT2D eigenvalue weighted by atomic mass is 35.5. The van der Waals surface area contributed by atoms with Crippen LogP contribution in [0.1, 0.15) is 22.3 Å². The van der Waals surface area contributed by atoms with Gasteiger partial charge in [0.1, 0.15) is 0 Å². The van der Waals surface area contributed by atoms with Gasteiger partial charge in [-0.3, -0.25) is 4.99 Å². The number of rotatable bonds is 2. The maximum absolute atomic E-state index is 6.18. The SMILES string of the molecule is NCC/N=C1/c2ccccc2CCc2ccc(Cl)cc21. The monoisotopic (exact) mass is 284 g/mol. The van der Waals surface area contributed by atoms with Crippen molar-refractivity contribution >= 4 is 17.3 Å². The van der Waals surface area contributed by atoms with Gasteiger partial charge in [0.25, 0.3) is 0 Å². The highest BCUT2D eigenvalue weighted by molar-refractivity contribution is 6.31. The van der Waals surface area contributed by atoms with Gasteiger partial charge in [-0.2, -0.15) is 0 Å². The lowest BCUT2D eigenvalue weighted by Gasteiger charge is -2.11. The highest BCUT2D eigenvalue weighted by Gasteiger charge is 2.19. The maximum atomic E-state index is 6.18. The second-order valence-corrected chi connectivity index (χ2v) is 5.41. The largest absolute Gasteiger partial charge is 0.329 e. The number of aryl methyl sites for hydroxylation is 2. The Morgan fingerprint density at radius 3 is 2.55 bits per heavy atom. The average Bonchev–Trinajstić information content (AvgIpc) is 2.62. The molecule has 2 nitrogen and oxygen atoms in total. The molecule has 0 fully saturated rings. The number of aliphatic imine (C=N–C) groups is 1. The van der Waals surface area contributed by atoms with Gasteiger partial charge in [-0.1, -0.05) is 41.9 Å². The molecule has 0 aromatic heterocycles. The molecule has 0 spiro atoms. The molecule has 3 rings (SSSR count). The van der Waals surface area contributed by atoms with Crippen LogP contribution in [0.15, 0.2) is 47.5 Å². The van der Waals surface area contributed by atoms with Gasteiger partial charge in [0.05, 0.1) is 12.3 Å². The van der Waals surface area contributed by atoms with Crippen LogP contribution in [0, 0.1) is 0 Å². The molecule has 2 N–H and O–H groups in total. The minimum atomic E-state index is 0.557. The van der Waals surface area contributed by atoms with Crippen LogP contribution >= 0.6 is 11.6 Å². The topological polar surface area (TPSA) is 38.4 Å². The van der Waals surface area contributed by atoms with Gasteiger partial charge in [0.2, 0.25) is 0 Å². The van der Waals surface area contributed by atoms with E-state index < -0.39 is 0 Å². The fourth-order valence-electron chi connectivity index (χ4n) is 2.72. The fourth-order valence-corrected chi connectivity index (χ4v) is 2.89. The van der Waals surface area contributed by atoms with Gasteiger partial charge in [-0.15, -0.1) is 0 Å². The summed E-state index contributed by atoms with van der Waals surface area (Å²) in [6.45, 7) is 1.19. The van der Waals surface area contributed by atoms with Gasteiger partial charge in [-0.25, -0.2) is 0 Å². The fraction of sp³-hybridized carbons (Fsp3) is 0.235. The van der Waals surface area contributed by atoms with Crippen LogP contribution in [0.5, 0.6) is 0 Å². The third-order valence-corrected chi connectivity index (χ3v) is 3.90. The van der Waals surface area contributed by atoms with Crippen molar-refractivity contribution in [2.75, 3.05) is 13.1 Å². The van der Waals surface area contributed by atoms with Crippen LogP contribution in [0.4, 0.5) is 0 Å². The second kappa shape index (κ2) is 5.78. The standard InChI is InChI=1S/C17H17ClN2/c18-14-8-7-13-6-5-12-3-1-2-4-15(12)17(16(13)11-14)20-10-9-19/h1-4,7-8,11H,5-6,9-10,19H2/b20-17-. The molecule has 0 saturated carbocycles. The summed E-state index contributed by atoms with van der Waals surface area (Å²) in [4.78, 5) is 4.72. The molecule has 2 aromatic rings. The molecule has 1 aliphatic carbocycles. The molecule has 0 radical (unpaired) electrons. The Kier molecular flexibility index (Phi) is 3.86. The van der Waals surface area contributed by atoms with Crippen LogP contribution in [0.3, 0.4) is 0 Å². The zero-order valence-electron chi connectivity index (χ0n) is 11.3. The third kappa shape index (κ3) is 2.49. The van der Waals surface area contributed by atoms with Gasteiger partial charge in [0.15, 0.2) is 0 Å². The van der Waals surface area contributed by atoms with Crippen LogP contribution in [-0.4, -0.2) is 18.8 Å². The van der Waals surface area contributed by atoms with E-state index in [4.69, 9.17) is 22.3 Å². The van der Waals surface area contributed by atoms with Crippen LogP contribution < -0.4 is 5.73 Å². The van der Waals surface area contributed by atoms with Crippen molar-refractivity contribution in [2.45, 2.75) is 12.8 Å². The van der Waals surface area contributed by atoms with E-state index >= 15 is 0 Å². The Hall–Kier alpha value is -1.64. The summed E-state index contributed by atoms with van der Waals surface area (Å²) in [5, 5.41) is 0.753.